The molecule has 17 heavy (non-hydrogen) atoms. The molecule has 2 fully saturated rings. The molecule has 0 aromatic heterocycles. The first-order valence-electron chi connectivity index (χ1n) is 6.18. The van der Waals surface area contributed by atoms with Crippen molar-refractivity contribution in [1.29, 1.82) is 0 Å². The van der Waals surface area contributed by atoms with Crippen molar-refractivity contribution in [2.45, 2.75) is 57.5 Å². The summed E-state index contributed by atoms with van der Waals surface area (Å²) in [6.45, 7) is 6.48. The van der Waals surface area contributed by atoms with E-state index in [0.717, 1.165) is 12.8 Å². The SMILES string of the molecule is CC(C)(C)OC(=O)N1CCOC2CCC1C2O. The maximum atomic E-state index is 12.0. The summed E-state index contributed by atoms with van der Waals surface area (Å²) in [5.41, 5.74) is -0.507. The highest BCUT2D eigenvalue weighted by Gasteiger charge is 2.43. The zero-order valence-electron chi connectivity index (χ0n) is 10.7. The number of aliphatic hydroxyl groups excluding tert-OH is 1. The third kappa shape index (κ3) is 2.72. The topological polar surface area (TPSA) is 59.0 Å². The summed E-state index contributed by atoms with van der Waals surface area (Å²) in [7, 11) is 0. The second kappa shape index (κ2) is 4.46. The fraction of sp³-hybridized carbons (Fsp3) is 0.917. The molecule has 1 saturated carbocycles. The molecule has 1 heterocycles. The molecule has 0 spiro atoms. The highest BCUT2D eigenvalue weighted by Crippen LogP contribution is 2.30. The minimum absolute atomic E-state index is 0.118. The zero-order valence-corrected chi connectivity index (χ0v) is 10.7. The maximum Gasteiger partial charge on any atom is 0.410 e. The van der Waals surface area contributed by atoms with Crippen molar-refractivity contribution in [1.82, 2.24) is 4.90 Å². The van der Waals surface area contributed by atoms with Crippen molar-refractivity contribution in [3.63, 3.8) is 0 Å². The molecule has 1 amide bonds. The van der Waals surface area contributed by atoms with Crippen LogP contribution in [0.15, 0.2) is 0 Å². The molecule has 2 bridgehead atoms. The molecule has 0 aromatic carbocycles. The van der Waals surface area contributed by atoms with Crippen LogP contribution in [0, 0.1) is 0 Å². The van der Waals surface area contributed by atoms with Crippen LogP contribution in [0.2, 0.25) is 0 Å². The zero-order chi connectivity index (χ0) is 12.6. The van der Waals surface area contributed by atoms with Crippen molar-refractivity contribution in [2.75, 3.05) is 13.2 Å². The summed E-state index contributed by atoms with van der Waals surface area (Å²) in [5.74, 6) is 0. The highest BCUT2D eigenvalue weighted by molar-refractivity contribution is 5.68. The van der Waals surface area contributed by atoms with E-state index >= 15 is 0 Å². The average Bonchev–Trinajstić information content (AvgIpc) is 2.38. The first kappa shape index (κ1) is 12.6. The van der Waals surface area contributed by atoms with Crippen LogP contribution < -0.4 is 0 Å². The van der Waals surface area contributed by atoms with Crippen LogP contribution in [0.4, 0.5) is 4.79 Å². The number of amides is 1. The molecular formula is C12H21NO4. The van der Waals surface area contributed by atoms with Gasteiger partial charge in [-0.1, -0.05) is 0 Å². The molecule has 5 nitrogen and oxygen atoms in total. The molecule has 0 radical (unpaired) electrons. The summed E-state index contributed by atoms with van der Waals surface area (Å²) in [6, 6.07) is -0.155. The van der Waals surface area contributed by atoms with Gasteiger partial charge in [-0.05, 0) is 33.6 Å². The normalized spacial score (nSPS) is 33.4. The Bertz CT molecular complexity index is 299. The fourth-order valence-electron chi connectivity index (χ4n) is 2.46. The Balaban J connectivity index is 2.06. The molecule has 2 aliphatic rings. The van der Waals surface area contributed by atoms with E-state index in [-0.39, 0.29) is 18.2 Å². The fourth-order valence-corrected chi connectivity index (χ4v) is 2.46. The largest absolute Gasteiger partial charge is 0.444 e. The van der Waals surface area contributed by atoms with Gasteiger partial charge in [0, 0.05) is 6.54 Å². The highest BCUT2D eigenvalue weighted by atomic mass is 16.6. The first-order valence-corrected chi connectivity index (χ1v) is 6.18. The molecule has 1 saturated heterocycles. The third-order valence-corrected chi connectivity index (χ3v) is 3.21. The summed E-state index contributed by atoms with van der Waals surface area (Å²) >= 11 is 0. The van der Waals surface area contributed by atoms with Crippen LogP contribution in [0.1, 0.15) is 33.6 Å². The lowest BCUT2D eigenvalue weighted by Crippen LogP contribution is -2.47. The van der Waals surface area contributed by atoms with Gasteiger partial charge >= 0.3 is 6.09 Å². The molecule has 0 aromatic rings. The average molecular weight is 243 g/mol. The Labute approximate surface area is 102 Å². The van der Waals surface area contributed by atoms with Crippen LogP contribution >= 0.6 is 0 Å². The van der Waals surface area contributed by atoms with Gasteiger partial charge in [0.25, 0.3) is 0 Å². The summed E-state index contributed by atoms with van der Waals surface area (Å²) < 4.78 is 10.9. The molecule has 2 rings (SSSR count). The number of rotatable bonds is 0. The van der Waals surface area contributed by atoms with Crippen molar-refractivity contribution in [3.8, 4) is 0 Å². The van der Waals surface area contributed by atoms with E-state index in [1.807, 2.05) is 20.8 Å². The second-order valence-electron chi connectivity index (χ2n) is 5.72. The van der Waals surface area contributed by atoms with E-state index < -0.39 is 11.7 Å². The number of carbonyl (C=O) groups is 1. The minimum atomic E-state index is -0.579. The molecule has 5 heteroatoms. The lowest BCUT2D eigenvalue weighted by Gasteiger charge is -2.31. The predicted octanol–water partition coefficient (Wildman–Crippen LogP) is 1.15. The quantitative estimate of drug-likeness (QED) is 0.693. The van der Waals surface area contributed by atoms with Crippen molar-refractivity contribution < 1.29 is 19.4 Å². The summed E-state index contributed by atoms with van der Waals surface area (Å²) in [4.78, 5) is 13.7. The molecule has 3 atom stereocenters. The number of nitrogens with zero attached hydrogens (tertiary/aromatic N) is 1. The molecule has 1 N–H and O–H groups in total. The Kier molecular flexibility index (Phi) is 3.32. The molecule has 1 aliphatic heterocycles. The van der Waals surface area contributed by atoms with Crippen LogP contribution in [0.3, 0.4) is 0 Å². The van der Waals surface area contributed by atoms with Gasteiger partial charge in [0.15, 0.2) is 0 Å². The first-order chi connectivity index (χ1) is 7.88. The second-order valence-corrected chi connectivity index (χ2v) is 5.72. The molecule has 98 valence electrons. The number of hydrogen-bond donors (Lipinski definition) is 1. The smallest absolute Gasteiger partial charge is 0.410 e. The van der Waals surface area contributed by atoms with Crippen molar-refractivity contribution in [2.24, 2.45) is 0 Å². The Morgan fingerprint density at radius 3 is 2.76 bits per heavy atom. The number of ether oxygens (including phenoxy) is 2. The summed E-state index contributed by atoms with van der Waals surface area (Å²) in [5, 5.41) is 10.0. The van der Waals surface area contributed by atoms with E-state index in [1.54, 1.807) is 4.90 Å². The Morgan fingerprint density at radius 2 is 2.12 bits per heavy atom. The van der Waals surface area contributed by atoms with E-state index in [2.05, 4.69) is 0 Å². The van der Waals surface area contributed by atoms with Gasteiger partial charge in [0.05, 0.1) is 18.8 Å². The van der Waals surface area contributed by atoms with Gasteiger partial charge in [-0.25, -0.2) is 4.79 Å². The van der Waals surface area contributed by atoms with Crippen LogP contribution in [0.5, 0.6) is 0 Å². The molecular weight excluding hydrogens is 222 g/mol. The van der Waals surface area contributed by atoms with E-state index in [4.69, 9.17) is 9.47 Å². The lowest BCUT2D eigenvalue weighted by molar-refractivity contribution is -0.0112. The number of carbonyl (C=O) groups excluding carboxylic acids is 1. The van der Waals surface area contributed by atoms with Gasteiger partial charge in [-0.15, -0.1) is 0 Å². The van der Waals surface area contributed by atoms with Crippen LogP contribution in [-0.2, 0) is 9.47 Å². The van der Waals surface area contributed by atoms with Gasteiger partial charge in [0.1, 0.15) is 11.7 Å². The van der Waals surface area contributed by atoms with Crippen molar-refractivity contribution >= 4 is 6.09 Å². The monoisotopic (exact) mass is 243 g/mol. The number of aliphatic hydroxyl groups is 1. The minimum Gasteiger partial charge on any atom is -0.444 e. The van der Waals surface area contributed by atoms with E-state index in [9.17, 15) is 9.90 Å². The standard InChI is InChI=1S/C12H21NO4/c1-12(2,3)17-11(15)13-6-7-16-9-5-4-8(13)10(9)14/h8-10,14H,4-7H2,1-3H3. The molecule has 1 aliphatic carbocycles. The number of fused-ring (bicyclic) bond motifs is 2. The maximum absolute atomic E-state index is 12.0. The number of hydrogen-bond acceptors (Lipinski definition) is 4. The lowest BCUT2D eigenvalue weighted by atomic mass is 10.2. The van der Waals surface area contributed by atoms with Gasteiger partial charge in [-0.3, -0.25) is 0 Å². The van der Waals surface area contributed by atoms with Gasteiger partial charge < -0.3 is 19.5 Å². The van der Waals surface area contributed by atoms with Crippen LogP contribution in [0.25, 0.3) is 0 Å². The third-order valence-electron chi connectivity index (χ3n) is 3.21. The van der Waals surface area contributed by atoms with Gasteiger partial charge in [0.2, 0.25) is 0 Å². The van der Waals surface area contributed by atoms with E-state index in [1.165, 1.54) is 0 Å². The van der Waals surface area contributed by atoms with Gasteiger partial charge in [-0.2, -0.15) is 0 Å². The predicted molar refractivity (Wildman–Crippen MR) is 61.7 cm³/mol. The van der Waals surface area contributed by atoms with Crippen molar-refractivity contribution in [3.05, 3.63) is 0 Å². The molecule has 3 unspecified atom stereocenters. The summed E-state index contributed by atoms with van der Waals surface area (Å²) in [6.07, 6.45) is 0.543. The Morgan fingerprint density at radius 1 is 1.41 bits per heavy atom. The van der Waals surface area contributed by atoms with Crippen LogP contribution in [-0.4, -0.2) is 53.1 Å². The van der Waals surface area contributed by atoms with E-state index in [0.29, 0.717) is 13.2 Å². The Hall–Kier alpha value is -0.810.